The molecular weight excluding hydrogens is 549 g/mol. The molecule has 0 saturated carbocycles. The molecule has 14 heteroatoms. The standard InChI is InChI=1S/C25H20F9NO4/c26-23(27,28)21(36)12-35-19-9-3-8-18(14-4-1-6-16(10-14)38-24(29,30)31)22(19)37-13-20(35)15-5-2-7-17(11-15)39-25(32,33)34/h1-4,6-11,15,20-21,36H,5,12-13H2/t15?,20-,21?/m1/s1. The van der Waals surface area contributed by atoms with Gasteiger partial charge in [-0.2, -0.15) is 13.2 Å². The Labute approximate surface area is 215 Å². The van der Waals surface area contributed by atoms with Gasteiger partial charge < -0.3 is 24.2 Å². The maximum absolute atomic E-state index is 13.3. The third-order valence-corrected chi connectivity index (χ3v) is 6.03. The van der Waals surface area contributed by atoms with Crippen molar-refractivity contribution in [1.82, 2.24) is 0 Å². The highest BCUT2D eigenvalue weighted by Crippen LogP contribution is 2.45. The zero-order chi connectivity index (χ0) is 28.6. The van der Waals surface area contributed by atoms with Crippen LogP contribution in [0, 0.1) is 5.92 Å². The van der Waals surface area contributed by atoms with Crippen LogP contribution in [0.1, 0.15) is 6.42 Å². The second kappa shape index (κ2) is 10.5. The van der Waals surface area contributed by atoms with Crippen LogP contribution in [0.2, 0.25) is 0 Å². The third kappa shape index (κ3) is 7.11. The minimum atomic E-state index is -5.00. The average molecular weight is 569 g/mol. The van der Waals surface area contributed by atoms with Gasteiger partial charge in [0.15, 0.2) is 11.9 Å². The van der Waals surface area contributed by atoms with Gasteiger partial charge in [0.25, 0.3) is 0 Å². The molecule has 0 saturated heterocycles. The zero-order valence-corrected chi connectivity index (χ0v) is 19.6. The zero-order valence-electron chi connectivity index (χ0n) is 19.6. The summed E-state index contributed by atoms with van der Waals surface area (Å²) in [4.78, 5) is 1.18. The van der Waals surface area contributed by atoms with Gasteiger partial charge in [0.1, 0.15) is 18.1 Å². The Bertz CT molecular complexity index is 1240. The second-order valence-corrected chi connectivity index (χ2v) is 8.74. The third-order valence-electron chi connectivity index (χ3n) is 6.03. The van der Waals surface area contributed by atoms with Crippen molar-refractivity contribution in [2.45, 2.75) is 37.5 Å². The highest BCUT2D eigenvalue weighted by Gasteiger charge is 2.43. The number of hydrogen-bond donors (Lipinski definition) is 1. The normalized spacial score (nSPS) is 20.6. The van der Waals surface area contributed by atoms with E-state index in [1.807, 2.05) is 0 Å². The average Bonchev–Trinajstić information content (AvgIpc) is 2.81. The first-order valence-electron chi connectivity index (χ1n) is 11.4. The van der Waals surface area contributed by atoms with E-state index in [1.54, 1.807) is 0 Å². The summed E-state index contributed by atoms with van der Waals surface area (Å²) in [6.45, 7) is -1.28. The van der Waals surface area contributed by atoms with E-state index in [0.717, 1.165) is 24.3 Å². The van der Waals surface area contributed by atoms with Crippen LogP contribution >= 0.6 is 0 Å². The quantitative estimate of drug-likeness (QED) is 0.391. The number of benzene rings is 2. The number of β-amino-alcohol motifs (C(OH)–C–C–N with tert-alkyl or cyclic N) is 1. The molecule has 39 heavy (non-hydrogen) atoms. The van der Waals surface area contributed by atoms with E-state index < -0.39 is 55.0 Å². The fourth-order valence-corrected chi connectivity index (χ4v) is 4.45. The van der Waals surface area contributed by atoms with E-state index >= 15 is 0 Å². The summed E-state index contributed by atoms with van der Waals surface area (Å²) < 4.78 is 130. The van der Waals surface area contributed by atoms with Crippen LogP contribution in [0.25, 0.3) is 11.1 Å². The number of ether oxygens (including phenoxy) is 3. The number of allylic oxidation sites excluding steroid dienone is 2. The fourth-order valence-electron chi connectivity index (χ4n) is 4.45. The molecular formula is C25H20F9NO4. The Morgan fingerprint density at radius 3 is 2.31 bits per heavy atom. The van der Waals surface area contributed by atoms with E-state index in [4.69, 9.17) is 4.74 Å². The van der Waals surface area contributed by atoms with Gasteiger partial charge >= 0.3 is 18.9 Å². The number of anilines is 1. The summed E-state index contributed by atoms with van der Waals surface area (Å²) in [6, 6.07) is 8.21. The number of rotatable bonds is 6. The van der Waals surface area contributed by atoms with Gasteiger partial charge in [-0.3, -0.25) is 0 Å². The summed E-state index contributed by atoms with van der Waals surface area (Å²) in [7, 11) is 0. The number of nitrogens with zero attached hydrogens (tertiary/aromatic N) is 1. The van der Waals surface area contributed by atoms with Crippen LogP contribution in [0.15, 0.2) is 66.5 Å². The number of aliphatic hydroxyl groups is 1. The summed E-state index contributed by atoms with van der Waals surface area (Å²) in [5, 5.41) is 9.88. The molecule has 0 bridgehead atoms. The largest absolute Gasteiger partial charge is 0.573 e. The Morgan fingerprint density at radius 1 is 0.949 bits per heavy atom. The monoisotopic (exact) mass is 569 g/mol. The fraction of sp³-hybridized carbons (Fsp3) is 0.360. The van der Waals surface area contributed by atoms with Crippen molar-refractivity contribution in [2.75, 3.05) is 18.1 Å². The number of halogens is 9. The van der Waals surface area contributed by atoms with Gasteiger partial charge in [0, 0.05) is 11.5 Å². The van der Waals surface area contributed by atoms with Gasteiger partial charge in [0.2, 0.25) is 0 Å². The lowest BCUT2D eigenvalue weighted by molar-refractivity contribution is -0.303. The van der Waals surface area contributed by atoms with E-state index in [0.29, 0.717) is 0 Å². The number of hydrogen-bond acceptors (Lipinski definition) is 5. The second-order valence-electron chi connectivity index (χ2n) is 8.74. The summed E-state index contributed by atoms with van der Waals surface area (Å²) >= 11 is 0. The minimum Gasteiger partial charge on any atom is -0.489 e. The Kier molecular flexibility index (Phi) is 7.70. The van der Waals surface area contributed by atoms with Gasteiger partial charge in [-0.15, -0.1) is 26.3 Å². The van der Waals surface area contributed by atoms with Crippen LogP contribution in [0.3, 0.4) is 0 Å². The van der Waals surface area contributed by atoms with E-state index in [2.05, 4.69) is 9.47 Å². The maximum Gasteiger partial charge on any atom is 0.573 e. The topological polar surface area (TPSA) is 51.2 Å². The molecule has 5 nitrogen and oxygen atoms in total. The molecule has 2 unspecified atom stereocenters. The van der Waals surface area contributed by atoms with Crippen molar-refractivity contribution in [3.05, 3.63) is 66.5 Å². The highest BCUT2D eigenvalue weighted by atomic mass is 19.4. The van der Waals surface area contributed by atoms with Crippen molar-refractivity contribution >= 4 is 5.69 Å². The van der Waals surface area contributed by atoms with Gasteiger partial charge in [0.05, 0.1) is 18.3 Å². The van der Waals surface area contributed by atoms with Gasteiger partial charge in [-0.1, -0.05) is 30.3 Å². The molecule has 1 aliphatic carbocycles. The first kappa shape index (κ1) is 28.5. The Balaban J connectivity index is 1.73. The lowest BCUT2D eigenvalue weighted by Crippen LogP contribution is -2.52. The summed E-state index contributed by atoms with van der Waals surface area (Å²) in [5.41, 5.74) is 0.491. The molecule has 2 aromatic rings. The van der Waals surface area contributed by atoms with Crippen LogP contribution in [-0.2, 0) is 4.74 Å². The molecule has 212 valence electrons. The molecule has 1 N–H and O–H groups in total. The first-order chi connectivity index (χ1) is 18.1. The maximum atomic E-state index is 13.3. The first-order valence-corrected chi connectivity index (χ1v) is 11.4. The van der Waals surface area contributed by atoms with Crippen molar-refractivity contribution in [3.63, 3.8) is 0 Å². The smallest absolute Gasteiger partial charge is 0.489 e. The SMILES string of the molecule is OC(CN1c2cccc(-c3cccc(OC(F)(F)F)c3)c2OC[C@@H]1C1C=C(OC(F)(F)F)C=CC1)C(F)(F)F. The van der Waals surface area contributed by atoms with Crippen LogP contribution in [0.5, 0.6) is 11.5 Å². The lowest BCUT2D eigenvalue weighted by atomic mass is 9.89. The van der Waals surface area contributed by atoms with Crippen molar-refractivity contribution in [2.24, 2.45) is 5.92 Å². The predicted octanol–water partition coefficient (Wildman–Crippen LogP) is 6.74. The Morgan fingerprint density at radius 2 is 1.64 bits per heavy atom. The Hall–Kier alpha value is -3.55. The molecule has 0 spiro atoms. The summed E-state index contributed by atoms with van der Waals surface area (Å²) in [6.07, 6.45) is -14.0. The molecule has 4 rings (SSSR count). The van der Waals surface area contributed by atoms with Crippen molar-refractivity contribution in [3.8, 4) is 22.6 Å². The van der Waals surface area contributed by atoms with E-state index in [-0.39, 0.29) is 35.6 Å². The van der Waals surface area contributed by atoms with Crippen molar-refractivity contribution < 1.29 is 58.8 Å². The molecule has 0 fully saturated rings. The molecule has 0 amide bonds. The number of fused-ring (bicyclic) bond motifs is 1. The number of para-hydroxylation sites is 1. The molecule has 0 radical (unpaired) electrons. The molecule has 2 aliphatic rings. The van der Waals surface area contributed by atoms with E-state index in [1.165, 1.54) is 41.3 Å². The van der Waals surface area contributed by atoms with Crippen molar-refractivity contribution in [1.29, 1.82) is 0 Å². The van der Waals surface area contributed by atoms with Crippen LogP contribution < -0.4 is 14.4 Å². The summed E-state index contributed by atoms with van der Waals surface area (Å²) in [5.74, 6) is -1.86. The molecule has 1 aliphatic heterocycles. The molecule has 0 aromatic heterocycles. The molecule has 3 atom stereocenters. The van der Waals surface area contributed by atoms with E-state index in [9.17, 15) is 44.6 Å². The highest BCUT2D eigenvalue weighted by molar-refractivity contribution is 5.80. The molecule has 2 aromatic carbocycles. The minimum absolute atomic E-state index is 0.0226. The molecule has 1 heterocycles. The van der Waals surface area contributed by atoms with Gasteiger partial charge in [-0.05, 0) is 42.3 Å². The van der Waals surface area contributed by atoms with Crippen LogP contribution in [0.4, 0.5) is 45.2 Å². The predicted molar refractivity (Wildman–Crippen MR) is 120 cm³/mol. The van der Waals surface area contributed by atoms with Crippen LogP contribution in [-0.4, -0.2) is 49.3 Å². The lowest BCUT2D eigenvalue weighted by Gasteiger charge is -2.43. The van der Waals surface area contributed by atoms with Gasteiger partial charge in [-0.25, -0.2) is 0 Å². The number of aliphatic hydroxyl groups excluding tert-OH is 1. The number of alkyl halides is 9.